The topological polar surface area (TPSA) is 17.1 Å². The van der Waals surface area contributed by atoms with Gasteiger partial charge in [-0.2, -0.15) is 0 Å². The van der Waals surface area contributed by atoms with Crippen molar-refractivity contribution >= 4 is 5.78 Å². The molecule has 0 aromatic rings. The first kappa shape index (κ1) is 13.7. The van der Waals surface area contributed by atoms with Crippen molar-refractivity contribution in [1.29, 1.82) is 0 Å². The van der Waals surface area contributed by atoms with Gasteiger partial charge in [0.1, 0.15) is 5.78 Å². The highest BCUT2D eigenvalue weighted by Crippen LogP contribution is 2.39. The first-order chi connectivity index (χ1) is 7.86. The standard InChI is InChI=1S/C16H21O/c1-6-7-12(2)8-9-15-13(3)10-14(17)11-16(15,4)5/h1,6-9H,10-11H2,2-5H3/b6-1?,9-8+,12-7+. The first-order valence-corrected chi connectivity index (χ1v) is 5.98. The summed E-state index contributed by atoms with van der Waals surface area (Å²) in [5.74, 6) is 0.340. The quantitative estimate of drug-likeness (QED) is 0.663. The maximum absolute atomic E-state index is 11.6. The second kappa shape index (κ2) is 5.31. The van der Waals surface area contributed by atoms with Crippen LogP contribution in [0.15, 0.2) is 41.0 Å². The molecule has 1 aliphatic rings. The van der Waals surface area contributed by atoms with Crippen LogP contribution in [0.2, 0.25) is 0 Å². The molecule has 0 fully saturated rings. The van der Waals surface area contributed by atoms with Gasteiger partial charge in [0.2, 0.25) is 0 Å². The molecular formula is C16H21O. The van der Waals surface area contributed by atoms with Gasteiger partial charge in [-0.1, -0.05) is 55.9 Å². The number of allylic oxidation sites excluding steroid dienone is 7. The number of rotatable bonds is 3. The van der Waals surface area contributed by atoms with Crippen LogP contribution in [0.4, 0.5) is 0 Å². The molecule has 1 heteroatoms. The van der Waals surface area contributed by atoms with Gasteiger partial charge in [-0.3, -0.25) is 4.79 Å². The predicted octanol–water partition coefficient (Wildman–Crippen LogP) is 4.18. The van der Waals surface area contributed by atoms with Gasteiger partial charge in [0.05, 0.1) is 0 Å². The van der Waals surface area contributed by atoms with E-state index in [1.165, 1.54) is 17.2 Å². The first-order valence-electron chi connectivity index (χ1n) is 5.98. The summed E-state index contributed by atoms with van der Waals surface area (Å²) >= 11 is 0. The summed E-state index contributed by atoms with van der Waals surface area (Å²) in [5, 5.41) is 0. The summed E-state index contributed by atoms with van der Waals surface area (Å²) in [6.07, 6.45) is 8.81. The summed E-state index contributed by atoms with van der Waals surface area (Å²) in [7, 11) is 0. The van der Waals surface area contributed by atoms with E-state index >= 15 is 0 Å². The molecule has 1 nitrogen and oxygen atoms in total. The van der Waals surface area contributed by atoms with E-state index < -0.39 is 0 Å². The zero-order valence-corrected chi connectivity index (χ0v) is 11.2. The third-order valence-electron chi connectivity index (χ3n) is 3.16. The van der Waals surface area contributed by atoms with Crippen LogP contribution < -0.4 is 0 Å². The van der Waals surface area contributed by atoms with Crippen molar-refractivity contribution in [3.8, 4) is 0 Å². The average Bonchev–Trinajstić information content (AvgIpc) is 2.14. The zero-order chi connectivity index (χ0) is 13.1. The lowest BCUT2D eigenvalue weighted by Gasteiger charge is -2.32. The number of carbonyl (C=O) groups excluding carboxylic acids is 1. The highest BCUT2D eigenvalue weighted by atomic mass is 16.1. The normalized spacial score (nSPS) is 21.2. The smallest absolute Gasteiger partial charge is 0.137 e. The number of ketones is 1. The Bertz CT molecular complexity index is 417. The van der Waals surface area contributed by atoms with Crippen molar-refractivity contribution in [2.24, 2.45) is 5.41 Å². The molecule has 1 aliphatic carbocycles. The van der Waals surface area contributed by atoms with Crippen LogP contribution in [0.5, 0.6) is 0 Å². The Morgan fingerprint density at radius 1 is 1.41 bits per heavy atom. The van der Waals surface area contributed by atoms with Gasteiger partial charge in [0, 0.05) is 12.8 Å². The van der Waals surface area contributed by atoms with Crippen LogP contribution >= 0.6 is 0 Å². The summed E-state index contributed by atoms with van der Waals surface area (Å²) in [5.41, 5.74) is 3.53. The summed E-state index contributed by atoms with van der Waals surface area (Å²) in [4.78, 5) is 11.6. The molecule has 0 saturated heterocycles. The molecule has 1 radical (unpaired) electrons. The zero-order valence-electron chi connectivity index (χ0n) is 11.2. The molecule has 0 spiro atoms. The van der Waals surface area contributed by atoms with Crippen LogP contribution in [0.25, 0.3) is 0 Å². The largest absolute Gasteiger partial charge is 0.299 e. The second-order valence-corrected chi connectivity index (χ2v) is 5.41. The summed E-state index contributed by atoms with van der Waals surface area (Å²) < 4.78 is 0. The molecule has 0 heterocycles. The van der Waals surface area contributed by atoms with Gasteiger partial charge in [0.25, 0.3) is 0 Å². The fourth-order valence-electron chi connectivity index (χ4n) is 2.41. The van der Waals surface area contributed by atoms with Crippen LogP contribution in [0.1, 0.15) is 40.5 Å². The van der Waals surface area contributed by atoms with Gasteiger partial charge < -0.3 is 0 Å². The second-order valence-electron chi connectivity index (χ2n) is 5.41. The minimum absolute atomic E-state index is 0.0530. The molecule has 0 saturated carbocycles. The molecule has 0 unspecified atom stereocenters. The lowest BCUT2D eigenvalue weighted by Crippen LogP contribution is -2.25. The van der Waals surface area contributed by atoms with Gasteiger partial charge in [-0.15, -0.1) is 0 Å². The van der Waals surface area contributed by atoms with E-state index in [1.54, 1.807) is 0 Å². The Balaban J connectivity index is 3.02. The number of carbonyl (C=O) groups is 1. The molecule has 0 N–H and O–H groups in total. The molecular weight excluding hydrogens is 208 g/mol. The highest BCUT2D eigenvalue weighted by molar-refractivity contribution is 5.84. The van der Waals surface area contributed by atoms with Crippen molar-refractivity contribution in [2.75, 3.05) is 0 Å². The SMILES string of the molecule is [CH]=C/C=C(C)/C=C/C1=C(C)CC(=O)CC1(C)C. The summed E-state index contributed by atoms with van der Waals surface area (Å²) in [6.45, 7) is 13.7. The van der Waals surface area contributed by atoms with Crippen molar-refractivity contribution in [3.05, 3.63) is 47.6 Å². The molecule has 0 aliphatic heterocycles. The third kappa shape index (κ3) is 3.55. The van der Waals surface area contributed by atoms with E-state index in [1.807, 2.05) is 19.9 Å². The summed E-state index contributed by atoms with van der Waals surface area (Å²) in [6, 6.07) is 0. The maximum Gasteiger partial charge on any atom is 0.137 e. The molecule has 0 aromatic carbocycles. The Kier molecular flexibility index (Phi) is 4.28. The van der Waals surface area contributed by atoms with Crippen LogP contribution in [0, 0.1) is 12.0 Å². The molecule has 0 amide bonds. The molecule has 0 atom stereocenters. The highest BCUT2D eigenvalue weighted by Gasteiger charge is 2.30. The third-order valence-corrected chi connectivity index (χ3v) is 3.16. The van der Waals surface area contributed by atoms with Gasteiger partial charge in [0.15, 0.2) is 0 Å². The van der Waals surface area contributed by atoms with E-state index in [4.69, 9.17) is 6.58 Å². The van der Waals surface area contributed by atoms with E-state index in [2.05, 4.69) is 26.0 Å². The fraction of sp³-hybridized carbons (Fsp3) is 0.438. The van der Waals surface area contributed by atoms with Crippen LogP contribution in [0.3, 0.4) is 0 Å². The van der Waals surface area contributed by atoms with Crippen molar-refractivity contribution in [1.82, 2.24) is 0 Å². The predicted molar refractivity (Wildman–Crippen MR) is 72.5 cm³/mol. The van der Waals surface area contributed by atoms with Crippen molar-refractivity contribution < 1.29 is 4.79 Å². The molecule has 17 heavy (non-hydrogen) atoms. The number of Topliss-reactive ketones (excluding diaryl/α,β-unsaturated/α-hetero) is 1. The molecule has 0 aromatic heterocycles. The van der Waals surface area contributed by atoms with E-state index in [0.717, 1.165) is 5.57 Å². The van der Waals surface area contributed by atoms with E-state index in [-0.39, 0.29) is 5.41 Å². The Labute approximate surface area is 105 Å². The fourth-order valence-corrected chi connectivity index (χ4v) is 2.41. The minimum Gasteiger partial charge on any atom is -0.299 e. The Morgan fingerprint density at radius 2 is 2.06 bits per heavy atom. The minimum atomic E-state index is -0.0530. The van der Waals surface area contributed by atoms with Gasteiger partial charge >= 0.3 is 0 Å². The number of hydrogen-bond acceptors (Lipinski definition) is 1. The lowest BCUT2D eigenvalue weighted by molar-refractivity contribution is -0.120. The number of hydrogen-bond donors (Lipinski definition) is 0. The Morgan fingerprint density at radius 3 is 2.59 bits per heavy atom. The van der Waals surface area contributed by atoms with Crippen molar-refractivity contribution in [2.45, 2.75) is 40.5 Å². The van der Waals surface area contributed by atoms with Crippen molar-refractivity contribution in [3.63, 3.8) is 0 Å². The van der Waals surface area contributed by atoms with Crippen LogP contribution in [-0.4, -0.2) is 5.78 Å². The van der Waals surface area contributed by atoms with E-state index in [9.17, 15) is 4.79 Å². The molecule has 1 rings (SSSR count). The lowest BCUT2D eigenvalue weighted by atomic mass is 9.72. The van der Waals surface area contributed by atoms with E-state index in [0.29, 0.717) is 18.6 Å². The Hall–Kier alpha value is -1.37. The molecule has 0 bridgehead atoms. The van der Waals surface area contributed by atoms with Crippen LogP contribution in [-0.2, 0) is 4.79 Å². The maximum atomic E-state index is 11.6. The average molecular weight is 229 g/mol. The monoisotopic (exact) mass is 229 g/mol. The molecule has 91 valence electrons. The van der Waals surface area contributed by atoms with Gasteiger partial charge in [-0.05, 0) is 24.8 Å². The van der Waals surface area contributed by atoms with Gasteiger partial charge in [-0.25, -0.2) is 0 Å².